The zero-order chi connectivity index (χ0) is 16.8. The summed E-state index contributed by atoms with van der Waals surface area (Å²) >= 11 is 0. The van der Waals surface area contributed by atoms with Gasteiger partial charge in [0.2, 0.25) is 0 Å². The fourth-order valence-corrected chi connectivity index (χ4v) is 3.08. The molecule has 0 N–H and O–H groups in total. The van der Waals surface area contributed by atoms with E-state index in [1.54, 1.807) is 24.3 Å². The Kier molecular flexibility index (Phi) is 7.03. The van der Waals surface area contributed by atoms with Gasteiger partial charge < -0.3 is 4.74 Å². The SMILES string of the molecule is CC(=O)OC[C@@H](C)C[C@@H](C)COS(=O)(=O)c1ccc(C)cc1. The topological polar surface area (TPSA) is 69.7 Å². The molecule has 2 atom stereocenters. The third-order valence-electron chi connectivity index (χ3n) is 3.19. The Bertz CT molecular complexity index is 577. The van der Waals surface area contributed by atoms with Crippen molar-refractivity contribution in [3.63, 3.8) is 0 Å². The number of aryl methyl sites for hydroxylation is 1. The largest absolute Gasteiger partial charge is 0.466 e. The van der Waals surface area contributed by atoms with Gasteiger partial charge in [0.05, 0.1) is 18.1 Å². The molecule has 0 unspecified atom stereocenters. The van der Waals surface area contributed by atoms with Crippen LogP contribution in [0.1, 0.15) is 32.8 Å². The van der Waals surface area contributed by atoms with Crippen LogP contribution in [0, 0.1) is 18.8 Å². The van der Waals surface area contributed by atoms with E-state index in [9.17, 15) is 13.2 Å². The first-order chi connectivity index (χ1) is 10.2. The summed E-state index contributed by atoms with van der Waals surface area (Å²) in [5.41, 5.74) is 0.992. The minimum absolute atomic E-state index is 0.0470. The van der Waals surface area contributed by atoms with E-state index in [4.69, 9.17) is 8.92 Å². The van der Waals surface area contributed by atoms with Crippen LogP contribution in [0.25, 0.3) is 0 Å². The lowest BCUT2D eigenvalue weighted by atomic mass is 9.99. The second kappa shape index (κ2) is 8.29. The normalized spacial score (nSPS) is 14.4. The molecule has 1 aromatic carbocycles. The van der Waals surface area contributed by atoms with Gasteiger partial charge >= 0.3 is 5.97 Å². The molecule has 0 spiro atoms. The molecule has 0 amide bonds. The summed E-state index contributed by atoms with van der Waals surface area (Å²) < 4.78 is 34.2. The quantitative estimate of drug-likeness (QED) is 0.542. The number of benzene rings is 1. The third kappa shape index (κ3) is 6.58. The van der Waals surface area contributed by atoms with E-state index in [0.29, 0.717) is 6.61 Å². The molecular weight excluding hydrogens is 304 g/mol. The molecular formula is C16H24O5S. The zero-order valence-corrected chi connectivity index (χ0v) is 14.4. The van der Waals surface area contributed by atoms with Crippen LogP contribution in [-0.4, -0.2) is 27.6 Å². The summed E-state index contributed by atoms with van der Waals surface area (Å²) in [6.07, 6.45) is 0.719. The molecule has 0 saturated carbocycles. The van der Waals surface area contributed by atoms with E-state index < -0.39 is 10.1 Å². The van der Waals surface area contributed by atoms with Gasteiger partial charge in [-0.2, -0.15) is 8.42 Å². The zero-order valence-electron chi connectivity index (χ0n) is 13.5. The highest BCUT2D eigenvalue weighted by molar-refractivity contribution is 7.86. The number of hydrogen-bond acceptors (Lipinski definition) is 5. The molecule has 0 saturated heterocycles. The molecule has 6 heteroatoms. The summed E-state index contributed by atoms with van der Waals surface area (Å²) in [6.45, 7) is 7.57. The third-order valence-corrected chi connectivity index (χ3v) is 4.49. The first kappa shape index (κ1) is 18.6. The van der Waals surface area contributed by atoms with Gasteiger partial charge in [-0.05, 0) is 37.3 Å². The van der Waals surface area contributed by atoms with Crippen LogP contribution in [0.15, 0.2) is 29.2 Å². The molecule has 5 nitrogen and oxygen atoms in total. The highest BCUT2D eigenvalue weighted by atomic mass is 32.2. The minimum Gasteiger partial charge on any atom is -0.466 e. The lowest BCUT2D eigenvalue weighted by Gasteiger charge is -2.17. The van der Waals surface area contributed by atoms with Crippen LogP contribution in [0.5, 0.6) is 0 Å². The fraction of sp³-hybridized carbons (Fsp3) is 0.562. The van der Waals surface area contributed by atoms with Crippen molar-refractivity contribution in [1.29, 1.82) is 0 Å². The second-order valence-corrected chi connectivity index (χ2v) is 7.42. The first-order valence-electron chi connectivity index (χ1n) is 7.30. The van der Waals surface area contributed by atoms with Crippen molar-refractivity contribution in [3.05, 3.63) is 29.8 Å². The van der Waals surface area contributed by atoms with Crippen molar-refractivity contribution >= 4 is 16.1 Å². The highest BCUT2D eigenvalue weighted by Crippen LogP contribution is 2.17. The molecule has 0 aliphatic rings. The standard InChI is InChI=1S/C16H24O5S/c1-12-5-7-16(8-6-12)22(18,19)21-11-14(3)9-13(2)10-20-15(4)17/h5-8,13-14H,9-11H2,1-4H3/t13-,14+/m0/s1. The van der Waals surface area contributed by atoms with Gasteiger partial charge in [-0.15, -0.1) is 0 Å². The molecule has 1 aromatic rings. The van der Waals surface area contributed by atoms with Crippen LogP contribution < -0.4 is 0 Å². The van der Waals surface area contributed by atoms with E-state index in [2.05, 4.69) is 0 Å². The predicted octanol–water partition coefficient (Wildman–Crippen LogP) is 2.93. The molecule has 22 heavy (non-hydrogen) atoms. The summed E-state index contributed by atoms with van der Waals surface area (Å²) in [6, 6.07) is 6.55. The van der Waals surface area contributed by atoms with Crippen LogP contribution in [0.2, 0.25) is 0 Å². The Hall–Kier alpha value is -1.40. The first-order valence-corrected chi connectivity index (χ1v) is 8.71. The molecule has 0 aliphatic heterocycles. The van der Waals surface area contributed by atoms with Crippen LogP contribution >= 0.6 is 0 Å². The molecule has 1 rings (SSSR count). The monoisotopic (exact) mass is 328 g/mol. The molecule has 0 bridgehead atoms. The van der Waals surface area contributed by atoms with Gasteiger partial charge in [0.1, 0.15) is 0 Å². The smallest absolute Gasteiger partial charge is 0.302 e. The Morgan fingerprint density at radius 3 is 2.18 bits per heavy atom. The Morgan fingerprint density at radius 2 is 1.64 bits per heavy atom. The Balaban J connectivity index is 2.47. The summed E-state index contributed by atoms with van der Waals surface area (Å²) in [5, 5.41) is 0. The molecule has 0 aromatic heterocycles. The molecule has 0 fully saturated rings. The Labute approximate surface area is 132 Å². The minimum atomic E-state index is -3.72. The number of ether oxygens (including phenoxy) is 1. The summed E-state index contributed by atoms with van der Waals surface area (Å²) in [4.78, 5) is 10.9. The van der Waals surface area contributed by atoms with E-state index >= 15 is 0 Å². The molecule has 0 aliphatic carbocycles. The van der Waals surface area contributed by atoms with Gasteiger partial charge in [-0.3, -0.25) is 8.98 Å². The van der Waals surface area contributed by atoms with Gasteiger partial charge in [-0.1, -0.05) is 31.5 Å². The maximum Gasteiger partial charge on any atom is 0.302 e. The highest BCUT2D eigenvalue weighted by Gasteiger charge is 2.18. The summed E-state index contributed by atoms with van der Waals surface area (Å²) in [7, 11) is -3.72. The van der Waals surface area contributed by atoms with Crippen molar-refractivity contribution in [2.75, 3.05) is 13.2 Å². The fourth-order valence-electron chi connectivity index (χ4n) is 2.06. The maximum absolute atomic E-state index is 12.1. The number of carbonyl (C=O) groups excluding carboxylic acids is 1. The van der Waals surface area contributed by atoms with Gasteiger partial charge in [0, 0.05) is 6.92 Å². The summed E-state index contributed by atoms with van der Waals surface area (Å²) in [5.74, 6) is -0.104. The molecule has 0 heterocycles. The van der Waals surface area contributed by atoms with Crippen molar-refractivity contribution in [1.82, 2.24) is 0 Å². The number of hydrogen-bond donors (Lipinski definition) is 0. The number of rotatable bonds is 8. The van der Waals surface area contributed by atoms with Gasteiger partial charge in [0.25, 0.3) is 10.1 Å². The Morgan fingerprint density at radius 1 is 1.09 bits per heavy atom. The average molecular weight is 328 g/mol. The number of carbonyl (C=O) groups is 1. The van der Waals surface area contributed by atoms with Crippen LogP contribution in [0.3, 0.4) is 0 Å². The van der Waals surface area contributed by atoms with Crippen LogP contribution in [0.4, 0.5) is 0 Å². The van der Waals surface area contributed by atoms with Gasteiger partial charge in [0.15, 0.2) is 0 Å². The maximum atomic E-state index is 12.1. The van der Waals surface area contributed by atoms with E-state index in [-0.39, 0.29) is 29.3 Å². The van der Waals surface area contributed by atoms with Gasteiger partial charge in [-0.25, -0.2) is 0 Å². The van der Waals surface area contributed by atoms with Crippen LogP contribution in [-0.2, 0) is 23.8 Å². The lowest BCUT2D eigenvalue weighted by Crippen LogP contribution is -2.17. The van der Waals surface area contributed by atoms with Crippen molar-refractivity contribution in [2.24, 2.45) is 11.8 Å². The van der Waals surface area contributed by atoms with E-state index in [0.717, 1.165) is 12.0 Å². The van der Waals surface area contributed by atoms with Crippen molar-refractivity contribution in [3.8, 4) is 0 Å². The van der Waals surface area contributed by atoms with Crippen molar-refractivity contribution < 1.29 is 22.1 Å². The van der Waals surface area contributed by atoms with E-state index in [1.807, 2.05) is 20.8 Å². The molecule has 124 valence electrons. The van der Waals surface area contributed by atoms with Crippen molar-refractivity contribution in [2.45, 2.75) is 39.0 Å². The lowest BCUT2D eigenvalue weighted by molar-refractivity contribution is -0.142. The predicted molar refractivity (Wildman–Crippen MR) is 83.9 cm³/mol. The average Bonchev–Trinajstić information content (AvgIpc) is 2.43. The second-order valence-electron chi connectivity index (χ2n) is 5.80. The number of esters is 1. The molecule has 0 radical (unpaired) electrons. The van der Waals surface area contributed by atoms with E-state index in [1.165, 1.54) is 6.92 Å².